The number of methoxy groups -OCH3 is 2. The van der Waals surface area contributed by atoms with E-state index in [4.69, 9.17) is 14.7 Å². The van der Waals surface area contributed by atoms with E-state index in [-0.39, 0.29) is 11.4 Å². The number of carbonyl (C=O) groups excluding carboxylic acids is 1. The lowest BCUT2D eigenvalue weighted by Crippen LogP contribution is -2.30. The molecule has 0 aliphatic carbocycles. The Balaban J connectivity index is 1.71. The lowest BCUT2D eigenvalue weighted by Gasteiger charge is -2.22. The summed E-state index contributed by atoms with van der Waals surface area (Å²) >= 11 is 0. The van der Waals surface area contributed by atoms with E-state index in [1.165, 1.54) is 19.5 Å². The molecule has 1 amide bonds. The number of benzene rings is 2. The Morgan fingerprint density at radius 1 is 1.11 bits per heavy atom. The second-order valence-corrected chi connectivity index (χ2v) is 7.29. The van der Waals surface area contributed by atoms with Crippen molar-refractivity contribution >= 4 is 5.91 Å². The summed E-state index contributed by atoms with van der Waals surface area (Å²) in [6, 6.07) is 16.7. The Hall–Kier alpha value is -5.04. The fourth-order valence-corrected chi connectivity index (χ4v) is 3.43. The predicted molar refractivity (Wildman–Crippen MR) is 125 cm³/mol. The van der Waals surface area contributed by atoms with E-state index < -0.39 is 17.8 Å². The summed E-state index contributed by atoms with van der Waals surface area (Å²) in [4.78, 5) is 21.4. The molecule has 35 heavy (non-hydrogen) atoms. The van der Waals surface area contributed by atoms with Gasteiger partial charge in [-0.1, -0.05) is 12.1 Å². The van der Waals surface area contributed by atoms with Crippen LogP contribution in [0.3, 0.4) is 0 Å². The minimum atomic E-state index is -0.685. The Bertz CT molecular complexity index is 1390. The van der Waals surface area contributed by atoms with Gasteiger partial charge in [0, 0.05) is 24.0 Å². The molecule has 0 aliphatic rings. The van der Waals surface area contributed by atoms with E-state index in [0.717, 1.165) is 0 Å². The van der Waals surface area contributed by atoms with Crippen LogP contribution in [-0.2, 0) is 0 Å². The highest BCUT2D eigenvalue weighted by Crippen LogP contribution is 2.34. The average molecular weight is 468 g/mol. The van der Waals surface area contributed by atoms with Crippen LogP contribution in [0.15, 0.2) is 67.0 Å². The third-order valence-electron chi connectivity index (χ3n) is 5.21. The quantitative estimate of drug-likeness (QED) is 0.418. The van der Waals surface area contributed by atoms with E-state index in [9.17, 15) is 9.90 Å². The number of aromatic hydroxyl groups is 1. The molecule has 10 heteroatoms. The van der Waals surface area contributed by atoms with Crippen molar-refractivity contribution in [2.24, 2.45) is 0 Å². The van der Waals surface area contributed by atoms with Crippen LogP contribution in [0, 0.1) is 11.3 Å². The van der Waals surface area contributed by atoms with Crippen LogP contribution < -0.4 is 14.8 Å². The normalized spacial score (nSPS) is 11.2. The van der Waals surface area contributed by atoms with Gasteiger partial charge in [0.1, 0.15) is 22.8 Å². The number of carbonyl (C=O) groups is 1. The molecule has 0 spiro atoms. The largest absolute Gasteiger partial charge is 0.497 e. The topological polar surface area (TPSA) is 143 Å². The number of aromatic nitrogens is 4. The SMILES string of the molecule is COc1ccc([C@H](NC(=O)c2cnc(-c3cccnn3)nc2O)c2ccc(C#N)cc2)c(OC)c1. The van der Waals surface area contributed by atoms with Crippen LogP contribution in [-0.4, -0.2) is 45.4 Å². The first kappa shape index (κ1) is 23.1. The summed E-state index contributed by atoms with van der Waals surface area (Å²) in [5.74, 6) is 0.0881. The highest BCUT2D eigenvalue weighted by Gasteiger charge is 2.24. The first-order chi connectivity index (χ1) is 17.0. The van der Waals surface area contributed by atoms with Crippen LogP contribution in [0.25, 0.3) is 11.5 Å². The van der Waals surface area contributed by atoms with Crippen molar-refractivity contribution in [3.8, 4) is 35.0 Å². The van der Waals surface area contributed by atoms with Gasteiger partial charge < -0.3 is 19.9 Å². The van der Waals surface area contributed by atoms with Gasteiger partial charge in [-0.05, 0) is 42.0 Å². The van der Waals surface area contributed by atoms with E-state index in [0.29, 0.717) is 33.9 Å². The van der Waals surface area contributed by atoms with E-state index in [2.05, 4.69) is 31.6 Å². The van der Waals surface area contributed by atoms with Crippen LogP contribution in [0.1, 0.15) is 33.1 Å². The summed E-state index contributed by atoms with van der Waals surface area (Å²) in [5, 5.41) is 30.2. The molecule has 2 aromatic heterocycles. The number of hydrogen-bond acceptors (Lipinski definition) is 9. The van der Waals surface area contributed by atoms with Crippen molar-refractivity contribution in [2.75, 3.05) is 14.2 Å². The lowest BCUT2D eigenvalue weighted by atomic mass is 9.96. The molecule has 10 nitrogen and oxygen atoms in total. The molecule has 4 aromatic rings. The zero-order valence-corrected chi connectivity index (χ0v) is 18.8. The minimum Gasteiger partial charge on any atom is -0.497 e. The molecule has 2 aromatic carbocycles. The van der Waals surface area contributed by atoms with E-state index in [1.54, 1.807) is 61.7 Å². The number of ether oxygens (including phenoxy) is 2. The minimum absolute atomic E-state index is 0.122. The predicted octanol–water partition coefficient (Wildman–Crippen LogP) is 3.05. The van der Waals surface area contributed by atoms with Crippen LogP contribution >= 0.6 is 0 Å². The molecular formula is C25H20N6O4. The maximum absolute atomic E-state index is 13.2. The van der Waals surface area contributed by atoms with Gasteiger partial charge in [0.15, 0.2) is 5.82 Å². The summed E-state index contributed by atoms with van der Waals surface area (Å²) in [6.07, 6.45) is 2.73. The molecular weight excluding hydrogens is 448 g/mol. The molecule has 2 N–H and O–H groups in total. The summed E-state index contributed by atoms with van der Waals surface area (Å²) in [7, 11) is 3.06. The Kier molecular flexibility index (Phi) is 6.78. The third-order valence-corrected chi connectivity index (χ3v) is 5.21. The standard InChI is InChI=1S/C25H20N6O4/c1-34-17-9-10-18(21(12-17)35-2)22(16-7-5-15(13-26)6-8-16)29-24(32)19-14-27-23(30-25(19)33)20-4-3-11-28-31-20/h3-12,14,22H,1-2H3,(H,29,32)(H,27,30,33)/t22-/m1/s1. The van der Waals surface area contributed by atoms with Crippen molar-refractivity contribution < 1.29 is 19.4 Å². The zero-order chi connectivity index (χ0) is 24.8. The number of amides is 1. The molecule has 0 saturated heterocycles. The summed E-state index contributed by atoms with van der Waals surface area (Å²) in [6.45, 7) is 0. The second-order valence-electron chi connectivity index (χ2n) is 7.29. The third kappa shape index (κ3) is 4.99. The Morgan fingerprint density at radius 2 is 1.91 bits per heavy atom. The molecule has 2 heterocycles. The first-order valence-corrected chi connectivity index (χ1v) is 10.4. The van der Waals surface area contributed by atoms with Crippen molar-refractivity contribution in [2.45, 2.75) is 6.04 Å². The van der Waals surface area contributed by atoms with Gasteiger partial charge in [-0.25, -0.2) is 4.98 Å². The molecule has 0 fully saturated rings. The first-order valence-electron chi connectivity index (χ1n) is 10.4. The van der Waals surface area contributed by atoms with Crippen molar-refractivity contribution in [3.63, 3.8) is 0 Å². The van der Waals surface area contributed by atoms with Gasteiger partial charge in [-0.3, -0.25) is 4.79 Å². The van der Waals surface area contributed by atoms with Gasteiger partial charge in [-0.15, -0.1) is 5.10 Å². The van der Waals surface area contributed by atoms with Gasteiger partial charge in [0.25, 0.3) is 5.91 Å². The number of nitriles is 1. The monoisotopic (exact) mass is 468 g/mol. The molecule has 0 saturated carbocycles. The van der Waals surface area contributed by atoms with Crippen molar-refractivity contribution in [1.29, 1.82) is 5.26 Å². The van der Waals surface area contributed by atoms with Gasteiger partial charge in [0.2, 0.25) is 5.88 Å². The van der Waals surface area contributed by atoms with E-state index >= 15 is 0 Å². The summed E-state index contributed by atoms with van der Waals surface area (Å²) < 4.78 is 10.8. The van der Waals surface area contributed by atoms with E-state index in [1.807, 2.05) is 0 Å². The van der Waals surface area contributed by atoms with Crippen LogP contribution in [0.4, 0.5) is 0 Å². The fraction of sp³-hybridized carbons (Fsp3) is 0.120. The lowest BCUT2D eigenvalue weighted by molar-refractivity contribution is 0.0939. The highest BCUT2D eigenvalue weighted by atomic mass is 16.5. The molecule has 0 radical (unpaired) electrons. The zero-order valence-electron chi connectivity index (χ0n) is 18.8. The average Bonchev–Trinajstić information content (AvgIpc) is 2.91. The van der Waals surface area contributed by atoms with Gasteiger partial charge in [-0.2, -0.15) is 15.3 Å². The number of rotatable bonds is 7. The highest BCUT2D eigenvalue weighted by molar-refractivity contribution is 5.96. The molecule has 0 unspecified atom stereocenters. The molecule has 174 valence electrons. The maximum atomic E-state index is 13.2. The van der Waals surface area contributed by atoms with Crippen molar-refractivity contribution in [1.82, 2.24) is 25.5 Å². The van der Waals surface area contributed by atoms with Crippen LogP contribution in [0.2, 0.25) is 0 Å². The molecule has 0 bridgehead atoms. The van der Waals surface area contributed by atoms with Crippen LogP contribution in [0.5, 0.6) is 17.4 Å². The second kappa shape index (κ2) is 10.3. The number of nitrogens with zero attached hydrogens (tertiary/aromatic N) is 5. The summed E-state index contributed by atoms with van der Waals surface area (Å²) in [5.41, 5.74) is 2.04. The van der Waals surface area contributed by atoms with Gasteiger partial charge >= 0.3 is 0 Å². The number of nitrogens with one attached hydrogen (secondary N) is 1. The molecule has 4 rings (SSSR count). The molecule has 0 aliphatic heterocycles. The number of hydrogen-bond donors (Lipinski definition) is 2. The van der Waals surface area contributed by atoms with Crippen molar-refractivity contribution in [3.05, 3.63) is 89.2 Å². The Labute approximate surface area is 200 Å². The smallest absolute Gasteiger partial charge is 0.259 e. The Morgan fingerprint density at radius 3 is 2.54 bits per heavy atom. The van der Waals surface area contributed by atoms with Gasteiger partial charge in [0.05, 0.1) is 31.9 Å². The molecule has 1 atom stereocenters. The maximum Gasteiger partial charge on any atom is 0.259 e. The fourth-order valence-electron chi connectivity index (χ4n) is 3.43.